The summed E-state index contributed by atoms with van der Waals surface area (Å²) in [6, 6.07) is 24.8. The number of methoxy groups -OCH3 is 1. The van der Waals surface area contributed by atoms with Gasteiger partial charge in [0.25, 0.3) is 21.6 Å². The number of H-pyrrole nitrogens is 1. The van der Waals surface area contributed by atoms with Crippen LogP contribution >= 0.6 is 0 Å². The van der Waals surface area contributed by atoms with E-state index in [9.17, 15) is 28.4 Å². The van der Waals surface area contributed by atoms with Gasteiger partial charge in [0.1, 0.15) is 23.1 Å². The molecular weight excluding hydrogens is 1140 g/mol. The molecule has 0 unspecified atom stereocenters. The highest BCUT2D eigenvalue weighted by Crippen LogP contribution is 2.52. The Morgan fingerprint density at radius 2 is 1.70 bits per heavy atom. The molecule has 4 atom stereocenters. The third-order valence-corrected chi connectivity index (χ3v) is 21.5. The molecule has 2 saturated carbocycles. The number of nitrogens with one attached hydrogen (secondary N) is 3. The minimum absolute atomic E-state index is 0.109. The number of carbonyl (C=O) groups excluding carboxylic acids is 1. The fraction of sp³-hybridized carbons (Fsp3) is 0.530. The number of benzene rings is 3. The van der Waals surface area contributed by atoms with Crippen LogP contribution in [-0.4, -0.2) is 159 Å². The van der Waals surface area contributed by atoms with Crippen LogP contribution in [0, 0.1) is 21.4 Å². The van der Waals surface area contributed by atoms with Crippen LogP contribution in [0.5, 0.6) is 11.6 Å². The number of aromatic amines is 1. The molecule has 1 amide bonds. The second kappa shape index (κ2) is 24.7. The lowest BCUT2D eigenvalue weighted by Crippen LogP contribution is -2.53. The van der Waals surface area contributed by atoms with Crippen LogP contribution in [-0.2, 0) is 26.0 Å². The summed E-state index contributed by atoms with van der Waals surface area (Å²) in [4.78, 5) is 51.6. The Balaban J connectivity index is 0.752. The number of sulfonamides is 1. The number of morpholine rings is 1. The van der Waals surface area contributed by atoms with Crippen molar-refractivity contribution in [2.75, 3.05) is 106 Å². The predicted molar refractivity (Wildman–Crippen MR) is 338 cm³/mol. The lowest BCUT2D eigenvalue weighted by molar-refractivity contribution is -0.384. The quantitative estimate of drug-likeness (QED) is 0.0521. The smallest absolute Gasteiger partial charge is 0.293 e. The number of aromatic nitrogens is 3. The van der Waals surface area contributed by atoms with Gasteiger partial charge in [-0.15, -0.1) is 0 Å². The average Bonchev–Trinajstić information content (AvgIpc) is 1.19. The molecule has 6 fully saturated rings. The summed E-state index contributed by atoms with van der Waals surface area (Å²) in [6.45, 7) is 15.8. The van der Waals surface area contributed by atoms with Crippen LogP contribution in [0.1, 0.15) is 124 Å². The molecule has 21 nitrogen and oxygen atoms in total. The number of nitrogens with zero attached hydrogens (tertiary/aromatic N) is 8. The fourth-order valence-corrected chi connectivity index (χ4v) is 16.2. The highest BCUT2D eigenvalue weighted by atomic mass is 32.2. The number of piperazine rings is 1. The van der Waals surface area contributed by atoms with Crippen molar-refractivity contribution in [3.63, 3.8) is 0 Å². The molecule has 6 aromatic rings. The van der Waals surface area contributed by atoms with Gasteiger partial charge in [-0.3, -0.25) is 24.7 Å². The van der Waals surface area contributed by atoms with Gasteiger partial charge >= 0.3 is 0 Å². The Bertz CT molecular complexity index is 3650. The Morgan fingerprint density at radius 1 is 0.898 bits per heavy atom. The summed E-state index contributed by atoms with van der Waals surface area (Å²) in [5.41, 5.74) is 5.94. The van der Waals surface area contributed by atoms with Gasteiger partial charge in [0.15, 0.2) is 11.6 Å². The fourth-order valence-electron chi connectivity index (χ4n) is 15.2. The molecule has 3 aromatic heterocycles. The topological polar surface area (TPSA) is 233 Å². The summed E-state index contributed by atoms with van der Waals surface area (Å²) in [6.07, 6.45) is 12.1. The van der Waals surface area contributed by atoms with Crippen molar-refractivity contribution in [1.29, 1.82) is 0 Å². The maximum atomic E-state index is 14.9. The highest BCUT2D eigenvalue weighted by molar-refractivity contribution is 7.90. The Morgan fingerprint density at radius 3 is 2.49 bits per heavy atom. The molecule has 0 radical (unpaired) electrons. The number of rotatable bonds is 16. The van der Waals surface area contributed by atoms with E-state index >= 15 is 0 Å². The van der Waals surface area contributed by atoms with Crippen molar-refractivity contribution in [3.05, 3.63) is 124 Å². The zero-order valence-electron chi connectivity index (χ0n) is 51.0. The van der Waals surface area contributed by atoms with E-state index in [1.807, 2.05) is 43.6 Å². The molecule has 88 heavy (non-hydrogen) atoms. The Kier molecular flexibility index (Phi) is 16.8. The monoisotopic (exact) mass is 1220 g/mol. The summed E-state index contributed by atoms with van der Waals surface area (Å²) in [7, 11) is -2.92. The van der Waals surface area contributed by atoms with Crippen molar-refractivity contribution in [3.8, 4) is 11.6 Å². The first kappa shape index (κ1) is 59.9. The molecule has 0 bridgehead atoms. The van der Waals surface area contributed by atoms with Crippen molar-refractivity contribution >= 4 is 61.2 Å². The number of hydrogen-bond donors (Lipinski definition) is 4. The molecular formula is C66H83N11O10S. The van der Waals surface area contributed by atoms with Gasteiger partial charge < -0.3 is 49.1 Å². The van der Waals surface area contributed by atoms with Crippen LogP contribution in [0.2, 0.25) is 0 Å². The second-order valence-corrected chi connectivity index (χ2v) is 27.9. The number of fused-ring (bicyclic) bond motifs is 3. The molecule has 22 heteroatoms. The van der Waals surface area contributed by atoms with Gasteiger partial charge in [-0.2, -0.15) is 4.98 Å². The van der Waals surface area contributed by atoms with E-state index in [1.54, 1.807) is 13.2 Å². The van der Waals surface area contributed by atoms with Crippen molar-refractivity contribution in [1.82, 2.24) is 29.5 Å². The molecule has 13 rings (SSSR count). The van der Waals surface area contributed by atoms with Gasteiger partial charge in [0.2, 0.25) is 5.88 Å². The van der Waals surface area contributed by atoms with Crippen LogP contribution < -0.4 is 34.2 Å². The number of hydrogen-bond acceptors (Lipinski definition) is 18. The third-order valence-electron chi connectivity index (χ3n) is 20.2. The molecule has 2 aliphatic carbocycles. The summed E-state index contributed by atoms with van der Waals surface area (Å²) >= 11 is 0. The van der Waals surface area contributed by atoms with Crippen molar-refractivity contribution < 1.29 is 42.2 Å². The average molecular weight is 1220 g/mol. The molecule has 4 N–H and O–H groups in total. The van der Waals surface area contributed by atoms with E-state index in [0.29, 0.717) is 87.1 Å². The second-order valence-electron chi connectivity index (χ2n) is 26.2. The van der Waals surface area contributed by atoms with Gasteiger partial charge in [-0.05, 0) is 154 Å². The molecule has 7 aliphatic rings. The first-order chi connectivity index (χ1) is 42.5. The van der Waals surface area contributed by atoms with Crippen LogP contribution in [0.3, 0.4) is 0 Å². The van der Waals surface area contributed by atoms with E-state index in [4.69, 9.17) is 28.9 Å². The number of pyridine rings is 2. The largest absolute Gasteiger partial charge is 0.493 e. The maximum Gasteiger partial charge on any atom is 0.293 e. The molecule has 468 valence electrons. The Hall–Kier alpha value is -7.08. The van der Waals surface area contributed by atoms with Gasteiger partial charge in [0.05, 0.1) is 59.6 Å². The first-order valence-corrected chi connectivity index (χ1v) is 33.1. The van der Waals surface area contributed by atoms with Crippen molar-refractivity contribution in [2.24, 2.45) is 11.3 Å². The molecule has 3 aromatic carbocycles. The summed E-state index contributed by atoms with van der Waals surface area (Å²) in [5.74, 6) is 1.72. The number of nitro groups is 1. The Labute approximate surface area is 515 Å². The number of nitro benzene ring substituents is 1. The number of aliphatic hydroxyl groups is 1. The van der Waals surface area contributed by atoms with Crippen LogP contribution in [0.25, 0.3) is 11.0 Å². The van der Waals surface area contributed by atoms with Crippen molar-refractivity contribution in [2.45, 2.75) is 132 Å². The lowest BCUT2D eigenvalue weighted by atomic mass is 9.76. The SMILES string of the molecule is COc1cc(CN2CCN([C@@H]3CCC4(CCN(c5ccc(C(=O)NS(=O)(=O)c6ccc(NCC7CCC(C)(O)CC7)c([N+](=O)[O-])c6)c(N6c7cc8cc[nH]c8nc7O[C@H]7COCC[C@@H]76)c5)CC4)C3)[C@H](c3ccccc3C(C)C)C2)cnc1N1CCOCC1. The minimum Gasteiger partial charge on any atom is -0.493 e. The molecule has 1 spiro atoms. The number of ether oxygens (including phenoxy) is 4. The zero-order valence-corrected chi connectivity index (χ0v) is 51.8. The normalized spacial score (nSPS) is 25.1. The number of piperidine rings is 1. The number of carbonyl (C=O) groups is 1. The zero-order chi connectivity index (χ0) is 60.9. The van der Waals surface area contributed by atoms with E-state index < -0.39 is 43.1 Å². The maximum absolute atomic E-state index is 14.9. The van der Waals surface area contributed by atoms with E-state index in [2.05, 4.69) is 83.7 Å². The van der Waals surface area contributed by atoms with E-state index in [-0.39, 0.29) is 34.7 Å². The summed E-state index contributed by atoms with van der Waals surface area (Å²) in [5, 5.41) is 27.0. The van der Waals surface area contributed by atoms with Crippen LogP contribution in [0.4, 0.5) is 34.3 Å². The summed E-state index contributed by atoms with van der Waals surface area (Å²) < 4.78 is 55.1. The van der Waals surface area contributed by atoms with E-state index in [1.165, 1.54) is 23.3 Å². The van der Waals surface area contributed by atoms with Gasteiger partial charge in [0, 0.05) is 107 Å². The van der Waals surface area contributed by atoms with Crippen LogP contribution in [0.15, 0.2) is 96.2 Å². The number of anilines is 5. The molecule has 5 aliphatic heterocycles. The number of amides is 1. The standard InChI is InChI=1S/C66H83N11O10S/c1-43(2)50-7-5-6-8-51(50)58-41-72(40-45-33-59(84-4)62(69-39-45)74-28-31-85-32-29-74)26-27-75(58)48-15-20-66(37-48)21-24-73(25-22-66)47-9-11-52(55(35-47)76-54-17-30-86-42-60(54)87-64-57(76)34-46-16-23-67-61(46)70-64)63(78)71-88(82,83)49-10-12-53(56(36-49)77(80)81)68-38-44-13-18-65(3,79)19-14-44/h5-12,16,23,33-36,39,43-44,48,54,58,60,68,79H,13-15,17-22,24-32,37-38,40-42H2,1-4H3,(H,67,70)(H,71,78)/t44?,48-,54+,58+,60+,65?/m1/s1. The predicted octanol–water partition coefficient (Wildman–Crippen LogP) is 9.69. The minimum atomic E-state index is -4.65. The third kappa shape index (κ3) is 12.2. The van der Waals surface area contributed by atoms with Gasteiger partial charge in [-0.25, -0.2) is 18.1 Å². The molecule has 8 heterocycles. The lowest BCUT2D eigenvalue weighted by Gasteiger charge is -2.47. The molecule has 4 saturated heterocycles. The highest BCUT2D eigenvalue weighted by Gasteiger charge is 2.47. The van der Waals surface area contributed by atoms with E-state index in [0.717, 1.165) is 132 Å². The van der Waals surface area contributed by atoms with Gasteiger partial charge in [-0.1, -0.05) is 38.1 Å². The first-order valence-electron chi connectivity index (χ1n) is 31.7.